The molecule has 0 saturated heterocycles. The SMILES string of the molecule is CC(N)Cc1cn(Cc2nnc(-c3ccc(Cl)cc3)n2C)nn1.O=C(O)C(F)(F)F. The summed E-state index contributed by atoms with van der Waals surface area (Å²) in [5, 5.41) is 24.6. The predicted octanol–water partition coefficient (Wildman–Crippen LogP) is 2.30. The summed E-state index contributed by atoms with van der Waals surface area (Å²) in [5.74, 6) is -1.17. The molecule has 1 atom stereocenters. The van der Waals surface area contributed by atoms with E-state index < -0.39 is 12.1 Å². The van der Waals surface area contributed by atoms with E-state index in [4.69, 9.17) is 27.2 Å². The maximum atomic E-state index is 10.6. The second-order valence-corrected chi connectivity index (χ2v) is 6.83. The van der Waals surface area contributed by atoms with Crippen molar-refractivity contribution in [3.63, 3.8) is 0 Å². The minimum atomic E-state index is -5.08. The first-order valence-corrected chi connectivity index (χ1v) is 8.94. The number of nitrogens with two attached hydrogens (primary N) is 1. The van der Waals surface area contributed by atoms with E-state index in [-0.39, 0.29) is 6.04 Å². The zero-order valence-electron chi connectivity index (χ0n) is 16.0. The van der Waals surface area contributed by atoms with Gasteiger partial charge in [0, 0.05) is 36.3 Å². The molecular weight excluding hydrogens is 427 g/mol. The largest absolute Gasteiger partial charge is 0.490 e. The van der Waals surface area contributed by atoms with Crippen molar-refractivity contribution in [2.24, 2.45) is 12.8 Å². The molecule has 162 valence electrons. The molecule has 0 amide bonds. The first-order valence-electron chi connectivity index (χ1n) is 8.56. The molecule has 2 aromatic heterocycles. The molecule has 30 heavy (non-hydrogen) atoms. The molecule has 0 saturated carbocycles. The zero-order chi connectivity index (χ0) is 22.5. The molecule has 9 nitrogen and oxygen atoms in total. The Balaban J connectivity index is 0.000000396. The van der Waals surface area contributed by atoms with Crippen molar-refractivity contribution in [3.8, 4) is 11.4 Å². The third kappa shape index (κ3) is 6.52. The highest BCUT2D eigenvalue weighted by Gasteiger charge is 2.38. The summed E-state index contributed by atoms with van der Waals surface area (Å²) < 4.78 is 35.4. The number of halogens is 4. The van der Waals surface area contributed by atoms with Crippen LogP contribution in [0.5, 0.6) is 0 Å². The minimum Gasteiger partial charge on any atom is -0.475 e. The monoisotopic (exact) mass is 445 g/mol. The van der Waals surface area contributed by atoms with E-state index >= 15 is 0 Å². The molecule has 3 rings (SSSR count). The highest BCUT2D eigenvalue weighted by atomic mass is 35.5. The van der Waals surface area contributed by atoms with Crippen molar-refractivity contribution in [2.75, 3.05) is 0 Å². The number of benzene rings is 1. The molecule has 0 aliphatic rings. The Kier molecular flexibility index (Phi) is 7.51. The topological polar surface area (TPSA) is 125 Å². The number of aliphatic carboxylic acids is 1. The number of carbonyl (C=O) groups is 1. The van der Waals surface area contributed by atoms with Gasteiger partial charge in [0.05, 0.1) is 5.69 Å². The van der Waals surface area contributed by atoms with Crippen LogP contribution in [0, 0.1) is 0 Å². The first-order chi connectivity index (χ1) is 14.0. The van der Waals surface area contributed by atoms with Crippen LogP contribution in [0.2, 0.25) is 5.02 Å². The number of aromatic nitrogens is 6. The fourth-order valence-corrected chi connectivity index (χ4v) is 2.46. The average Bonchev–Trinajstić information content (AvgIpc) is 3.22. The van der Waals surface area contributed by atoms with Gasteiger partial charge in [-0.15, -0.1) is 15.3 Å². The quantitative estimate of drug-likeness (QED) is 0.617. The van der Waals surface area contributed by atoms with E-state index in [1.807, 2.05) is 49.0 Å². The minimum absolute atomic E-state index is 0.0616. The van der Waals surface area contributed by atoms with Gasteiger partial charge < -0.3 is 15.4 Å². The van der Waals surface area contributed by atoms with Crippen molar-refractivity contribution < 1.29 is 23.1 Å². The van der Waals surface area contributed by atoms with E-state index in [1.165, 1.54) is 0 Å². The van der Waals surface area contributed by atoms with Gasteiger partial charge in [0.25, 0.3) is 0 Å². The highest BCUT2D eigenvalue weighted by Crippen LogP contribution is 2.20. The van der Waals surface area contributed by atoms with Gasteiger partial charge in [-0.3, -0.25) is 0 Å². The van der Waals surface area contributed by atoms with E-state index in [9.17, 15) is 13.2 Å². The Labute approximate surface area is 174 Å². The van der Waals surface area contributed by atoms with Crippen LogP contribution in [0.15, 0.2) is 30.5 Å². The van der Waals surface area contributed by atoms with Crippen LogP contribution in [-0.4, -0.2) is 53.1 Å². The number of rotatable bonds is 5. The van der Waals surface area contributed by atoms with Crippen molar-refractivity contribution in [3.05, 3.63) is 47.0 Å². The molecule has 0 bridgehead atoms. The van der Waals surface area contributed by atoms with Crippen LogP contribution in [0.25, 0.3) is 11.4 Å². The standard InChI is InChI=1S/C15H18ClN7.C2HF3O2/c1-10(17)7-13-8-23(21-18-13)9-14-19-20-15(22(14)2)11-3-5-12(16)6-4-11;3-2(4,5)1(6)7/h3-6,8,10H,7,9,17H2,1-2H3;(H,6,7). The highest BCUT2D eigenvalue weighted by molar-refractivity contribution is 6.30. The fraction of sp³-hybridized carbons (Fsp3) is 0.353. The summed E-state index contributed by atoms with van der Waals surface area (Å²) in [5.41, 5.74) is 7.62. The molecule has 3 aromatic rings. The second kappa shape index (κ2) is 9.67. The van der Waals surface area contributed by atoms with Crippen LogP contribution < -0.4 is 5.73 Å². The third-order valence-corrected chi connectivity index (χ3v) is 3.98. The number of hydrogen-bond acceptors (Lipinski definition) is 6. The fourth-order valence-electron chi connectivity index (χ4n) is 2.33. The van der Waals surface area contributed by atoms with Crippen LogP contribution in [0.1, 0.15) is 18.4 Å². The molecule has 0 aliphatic heterocycles. The maximum Gasteiger partial charge on any atom is 0.490 e. The summed E-state index contributed by atoms with van der Waals surface area (Å²) >= 11 is 5.92. The average molecular weight is 446 g/mol. The lowest BCUT2D eigenvalue weighted by molar-refractivity contribution is -0.192. The zero-order valence-corrected chi connectivity index (χ0v) is 16.8. The summed E-state index contributed by atoms with van der Waals surface area (Å²) in [6.07, 6.45) is -2.49. The lowest BCUT2D eigenvalue weighted by Crippen LogP contribution is -2.21. The predicted molar refractivity (Wildman–Crippen MR) is 102 cm³/mol. The van der Waals surface area contributed by atoms with Gasteiger partial charge in [-0.05, 0) is 31.2 Å². The van der Waals surface area contributed by atoms with Crippen LogP contribution >= 0.6 is 11.6 Å². The van der Waals surface area contributed by atoms with E-state index in [0.717, 1.165) is 22.9 Å². The molecule has 0 aliphatic carbocycles. The van der Waals surface area contributed by atoms with Gasteiger partial charge in [-0.25, -0.2) is 9.48 Å². The number of hydrogen-bond donors (Lipinski definition) is 2. The lowest BCUT2D eigenvalue weighted by Gasteiger charge is -2.04. The molecular formula is C17H19ClF3N7O2. The molecule has 0 radical (unpaired) electrons. The van der Waals surface area contributed by atoms with Crippen molar-refractivity contribution >= 4 is 17.6 Å². The number of alkyl halides is 3. The normalized spacial score (nSPS) is 12.2. The van der Waals surface area contributed by atoms with Gasteiger partial charge in [0.2, 0.25) is 0 Å². The smallest absolute Gasteiger partial charge is 0.475 e. The Bertz CT molecular complexity index is 984. The number of carboxylic acid groups (broad SMARTS) is 1. The van der Waals surface area contributed by atoms with Gasteiger partial charge in [0.1, 0.15) is 6.54 Å². The van der Waals surface area contributed by atoms with Gasteiger partial charge >= 0.3 is 12.1 Å². The number of carboxylic acids is 1. The Morgan fingerprint density at radius 3 is 2.37 bits per heavy atom. The van der Waals surface area contributed by atoms with Crippen LogP contribution in [0.4, 0.5) is 13.2 Å². The van der Waals surface area contributed by atoms with Crippen molar-refractivity contribution in [1.82, 2.24) is 29.8 Å². The second-order valence-electron chi connectivity index (χ2n) is 6.40. The molecule has 0 spiro atoms. The van der Waals surface area contributed by atoms with Gasteiger partial charge in [0.15, 0.2) is 11.6 Å². The van der Waals surface area contributed by atoms with Crippen molar-refractivity contribution in [1.29, 1.82) is 0 Å². The van der Waals surface area contributed by atoms with E-state index in [1.54, 1.807) is 4.68 Å². The summed E-state index contributed by atoms with van der Waals surface area (Å²) in [7, 11) is 1.93. The van der Waals surface area contributed by atoms with Gasteiger partial charge in [-0.1, -0.05) is 16.8 Å². The molecule has 1 aromatic carbocycles. The maximum absolute atomic E-state index is 10.6. The lowest BCUT2D eigenvalue weighted by atomic mass is 10.2. The molecule has 2 heterocycles. The Morgan fingerprint density at radius 1 is 1.23 bits per heavy atom. The summed E-state index contributed by atoms with van der Waals surface area (Å²) in [6, 6.07) is 7.58. The summed E-state index contributed by atoms with van der Waals surface area (Å²) in [6.45, 7) is 2.45. The third-order valence-electron chi connectivity index (χ3n) is 3.73. The Morgan fingerprint density at radius 2 is 1.83 bits per heavy atom. The molecule has 0 fully saturated rings. The number of nitrogens with zero attached hydrogens (tertiary/aromatic N) is 6. The van der Waals surface area contributed by atoms with Crippen LogP contribution in [-0.2, 0) is 24.8 Å². The van der Waals surface area contributed by atoms with Gasteiger partial charge in [-0.2, -0.15) is 13.2 Å². The molecule has 13 heteroatoms. The van der Waals surface area contributed by atoms with Crippen LogP contribution in [0.3, 0.4) is 0 Å². The van der Waals surface area contributed by atoms with E-state index in [0.29, 0.717) is 18.0 Å². The first kappa shape index (κ1) is 23.3. The van der Waals surface area contributed by atoms with E-state index in [2.05, 4.69) is 20.5 Å². The Hall–Kier alpha value is -2.99. The van der Waals surface area contributed by atoms with Crippen molar-refractivity contribution in [2.45, 2.75) is 32.1 Å². The molecule has 1 unspecified atom stereocenters. The summed E-state index contributed by atoms with van der Waals surface area (Å²) in [4.78, 5) is 8.90. The molecule has 3 N–H and O–H groups in total.